The first-order valence-corrected chi connectivity index (χ1v) is 5.74. The summed E-state index contributed by atoms with van der Waals surface area (Å²) in [5, 5.41) is 20.6. The molecule has 1 aromatic carbocycles. The van der Waals surface area contributed by atoms with E-state index in [2.05, 4.69) is 15.5 Å². The number of nitrogens with one attached hydrogen (secondary N) is 2. The number of hydrogen-bond acceptors (Lipinski definition) is 3. The van der Waals surface area contributed by atoms with Gasteiger partial charge in [-0.1, -0.05) is 17.7 Å². The summed E-state index contributed by atoms with van der Waals surface area (Å²) < 4.78 is 0. The molecule has 86 valence electrons. The van der Waals surface area contributed by atoms with E-state index in [0.29, 0.717) is 11.7 Å². The largest absolute Gasteiger partial charge is 0.390 e. The third-order valence-electron chi connectivity index (χ3n) is 2.24. The van der Waals surface area contributed by atoms with E-state index in [1.807, 2.05) is 18.2 Å². The maximum atomic E-state index is 9.35. The van der Waals surface area contributed by atoms with E-state index in [4.69, 9.17) is 23.2 Å². The molecular weight excluding hydrogens is 249 g/mol. The van der Waals surface area contributed by atoms with Gasteiger partial charge in [-0.05, 0) is 12.1 Å². The normalized spacial score (nSPS) is 12.9. The fourth-order valence-corrected chi connectivity index (χ4v) is 1.74. The average molecular weight is 260 g/mol. The first-order valence-electron chi connectivity index (χ1n) is 4.83. The van der Waals surface area contributed by atoms with E-state index in [9.17, 15) is 5.11 Å². The lowest BCUT2D eigenvalue weighted by molar-refractivity contribution is 0.211. The summed E-state index contributed by atoms with van der Waals surface area (Å²) in [6.07, 6.45) is -0.577. The molecule has 1 atom stereocenters. The summed E-state index contributed by atoms with van der Waals surface area (Å²) in [6, 6.07) is 5.63. The van der Waals surface area contributed by atoms with Gasteiger partial charge in [-0.3, -0.25) is 5.10 Å². The van der Waals surface area contributed by atoms with Crippen molar-refractivity contribution < 1.29 is 5.11 Å². The maximum absolute atomic E-state index is 9.35. The summed E-state index contributed by atoms with van der Waals surface area (Å²) in [5.41, 5.74) is 1.58. The van der Waals surface area contributed by atoms with Crippen molar-refractivity contribution in [3.8, 4) is 0 Å². The number of anilines is 1. The molecule has 0 saturated carbocycles. The van der Waals surface area contributed by atoms with Gasteiger partial charge in [0.2, 0.25) is 0 Å². The van der Waals surface area contributed by atoms with Crippen molar-refractivity contribution in [1.29, 1.82) is 0 Å². The van der Waals surface area contributed by atoms with Crippen molar-refractivity contribution in [2.24, 2.45) is 0 Å². The fraction of sp³-hybridized carbons (Fsp3) is 0.300. The van der Waals surface area contributed by atoms with Gasteiger partial charge in [-0.25, -0.2) is 0 Å². The summed E-state index contributed by atoms with van der Waals surface area (Å²) in [4.78, 5) is 0. The molecule has 3 N–H and O–H groups in total. The topological polar surface area (TPSA) is 60.9 Å². The monoisotopic (exact) mass is 259 g/mol. The summed E-state index contributed by atoms with van der Waals surface area (Å²) in [7, 11) is 0. The molecule has 6 heteroatoms. The smallest absolute Gasteiger partial charge is 0.132 e. The summed E-state index contributed by atoms with van der Waals surface area (Å²) >= 11 is 11.4. The highest BCUT2D eigenvalue weighted by Crippen LogP contribution is 2.26. The second-order valence-corrected chi connectivity index (χ2v) is 4.11. The highest BCUT2D eigenvalue weighted by atomic mass is 35.5. The molecule has 1 heterocycles. The standard InChI is InChI=1S/C10H11Cl2N3O/c11-4-6(16)5-13-8-3-1-2-7-9(8)14-15-10(7)12/h1-3,6,13,16H,4-5H2,(H,14,15). The molecule has 1 unspecified atom stereocenters. The lowest BCUT2D eigenvalue weighted by Gasteiger charge is -2.10. The van der Waals surface area contributed by atoms with Crippen molar-refractivity contribution in [2.45, 2.75) is 6.10 Å². The molecule has 0 radical (unpaired) electrons. The van der Waals surface area contributed by atoms with Crippen LogP contribution in [0.25, 0.3) is 10.9 Å². The fourth-order valence-electron chi connectivity index (χ4n) is 1.43. The molecule has 0 aliphatic heterocycles. The number of aliphatic hydroxyl groups excluding tert-OH is 1. The molecular formula is C10H11Cl2N3O. The molecule has 2 rings (SSSR count). The minimum absolute atomic E-state index is 0.199. The van der Waals surface area contributed by atoms with Crippen LogP contribution in [0.1, 0.15) is 0 Å². The summed E-state index contributed by atoms with van der Waals surface area (Å²) in [5.74, 6) is 0.199. The van der Waals surface area contributed by atoms with Gasteiger partial charge in [0.15, 0.2) is 0 Å². The SMILES string of the molecule is OC(CCl)CNc1cccc2c(Cl)[nH]nc12. The Morgan fingerprint density at radius 1 is 1.50 bits per heavy atom. The number of rotatable bonds is 4. The molecule has 2 aromatic rings. The number of halogens is 2. The number of fused-ring (bicyclic) bond motifs is 1. The number of H-pyrrole nitrogens is 1. The highest BCUT2D eigenvalue weighted by Gasteiger charge is 2.08. The van der Waals surface area contributed by atoms with E-state index in [1.54, 1.807) is 0 Å². The van der Waals surface area contributed by atoms with E-state index in [0.717, 1.165) is 16.6 Å². The van der Waals surface area contributed by atoms with Gasteiger partial charge in [0, 0.05) is 11.9 Å². The zero-order chi connectivity index (χ0) is 11.5. The third-order valence-corrected chi connectivity index (χ3v) is 2.89. The second kappa shape index (κ2) is 4.91. The molecule has 0 spiro atoms. The van der Waals surface area contributed by atoms with Crippen molar-refractivity contribution in [1.82, 2.24) is 10.2 Å². The molecule has 0 saturated heterocycles. The maximum Gasteiger partial charge on any atom is 0.132 e. The number of hydrogen-bond donors (Lipinski definition) is 3. The van der Waals surface area contributed by atoms with E-state index in [-0.39, 0.29) is 5.88 Å². The molecule has 1 aromatic heterocycles. The lowest BCUT2D eigenvalue weighted by Crippen LogP contribution is -2.20. The molecule has 0 amide bonds. The minimum atomic E-state index is -0.577. The highest BCUT2D eigenvalue weighted by molar-refractivity contribution is 6.34. The second-order valence-electron chi connectivity index (χ2n) is 3.43. The van der Waals surface area contributed by atoms with Crippen molar-refractivity contribution >= 4 is 39.8 Å². The van der Waals surface area contributed by atoms with Crippen molar-refractivity contribution in [3.63, 3.8) is 0 Å². The number of aliphatic hydroxyl groups is 1. The van der Waals surface area contributed by atoms with Gasteiger partial charge < -0.3 is 10.4 Å². The van der Waals surface area contributed by atoms with Crippen LogP contribution in [0.5, 0.6) is 0 Å². The Hall–Kier alpha value is -0.970. The van der Waals surface area contributed by atoms with Crippen LogP contribution >= 0.6 is 23.2 Å². The quantitative estimate of drug-likeness (QED) is 0.739. The molecule has 0 bridgehead atoms. The molecule has 0 aliphatic carbocycles. The van der Waals surface area contributed by atoms with Gasteiger partial charge in [-0.2, -0.15) is 5.10 Å². The van der Waals surface area contributed by atoms with Crippen LogP contribution < -0.4 is 5.32 Å². The van der Waals surface area contributed by atoms with E-state index < -0.39 is 6.10 Å². The van der Waals surface area contributed by atoms with Crippen LogP contribution in [0.3, 0.4) is 0 Å². The van der Waals surface area contributed by atoms with Gasteiger partial charge in [-0.15, -0.1) is 11.6 Å². The predicted molar refractivity (Wildman–Crippen MR) is 66.3 cm³/mol. The van der Waals surface area contributed by atoms with Gasteiger partial charge in [0.25, 0.3) is 0 Å². The van der Waals surface area contributed by atoms with Gasteiger partial charge in [0.05, 0.1) is 17.7 Å². The van der Waals surface area contributed by atoms with E-state index >= 15 is 0 Å². The number of benzene rings is 1. The van der Waals surface area contributed by atoms with Crippen LogP contribution in [0.2, 0.25) is 5.15 Å². The van der Waals surface area contributed by atoms with Crippen LogP contribution in [-0.2, 0) is 0 Å². The van der Waals surface area contributed by atoms with Crippen LogP contribution in [-0.4, -0.2) is 33.8 Å². The zero-order valence-electron chi connectivity index (χ0n) is 8.37. The molecule has 16 heavy (non-hydrogen) atoms. The number of aromatic nitrogens is 2. The van der Waals surface area contributed by atoms with Crippen molar-refractivity contribution in [3.05, 3.63) is 23.4 Å². The summed E-state index contributed by atoms with van der Waals surface area (Å²) in [6.45, 7) is 0.382. The van der Waals surface area contributed by atoms with E-state index in [1.165, 1.54) is 0 Å². The Kier molecular flexibility index (Phi) is 3.53. The number of nitrogens with zero attached hydrogens (tertiary/aromatic N) is 1. The Balaban J connectivity index is 2.24. The van der Waals surface area contributed by atoms with Crippen molar-refractivity contribution in [2.75, 3.05) is 17.7 Å². The predicted octanol–water partition coefficient (Wildman–Crippen LogP) is 2.23. The van der Waals surface area contributed by atoms with Crippen LogP contribution in [0.15, 0.2) is 18.2 Å². The number of alkyl halides is 1. The first kappa shape index (κ1) is 11.5. The van der Waals surface area contributed by atoms with Crippen LogP contribution in [0, 0.1) is 0 Å². The first-order chi connectivity index (χ1) is 7.72. The molecule has 4 nitrogen and oxygen atoms in total. The van der Waals surface area contributed by atoms with Gasteiger partial charge >= 0.3 is 0 Å². The van der Waals surface area contributed by atoms with Crippen LogP contribution in [0.4, 0.5) is 5.69 Å². The molecule has 0 aliphatic rings. The minimum Gasteiger partial charge on any atom is -0.390 e. The Bertz CT molecular complexity index is 486. The molecule has 0 fully saturated rings. The Morgan fingerprint density at radius 3 is 3.06 bits per heavy atom. The zero-order valence-corrected chi connectivity index (χ0v) is 9.89. The van der Waals surface area contributed by atoms with Gasteiger partial charge in [0.1, 0.15) is 10.7 Å². The third kappa shape index (κ3) is 2.24. The Morgan fingerprint density at radius 2 is 2.31 bits per heavy atom. The average Bonchev–Trinajstić information content (AvgIpc) is 2.69. The number of aromatic amines is 1. The lowest BCUT2D eigenvalue weighted by atomic mass is 10.2. The Labute approximate surface area is 103 Å². The number of para-hydroxylation sites is 1.